The van der Waals surface area contributed by atoms with Crippen LogP contribution in [0, 0.1) is 0 Å². The Hall–Kier alpha value is -2.93. The van der Waals surface area contributed by atoms with E-state index in [9.17, 15) is 5.11 Å². The second-order valence-corrected chi connectivity index (χ2v) is 5.54. The minimum absolute atomic E-state index is 0.00195. The Morgan fingerprint density at radius 3 is 2.67 bits per heavy atom. The third-order valence-electron chi connectivity index (χ3n) is 3.69. The van der Waals surface area contributed by atoms with Gasteiger partial charge in [-0.15, -0.1) is 10.2 Å². The van der Waals surface area contributed by atoms with Crippen LogP contribution >= 0.6 is 12.2 Å². The van der Waals surface area contributed by atoms with Crippen molar-refractivity contribution < 1.29 is 9.84 Å². The Morgan fingerprint density at radius 1 is 1.21 bits per heavy atom. The van der Waals surface area contributed by atoms with Gasteiger partial charge in [0.1, 0.15) is 5.75 Å². The summed E-state index contributed by atoms with van der Waals surface area (Å²) >= 11 is 4.72. The number of benzene rings is 2. The first-order valence-electron chi connectivity index (χ1n) is 7.25. The van der Waals surface area contributed by atoms with E-state index in [4.69, 9.17) is 22.7 Å². The molecule has 0 aliphatic heterocycles. The number of hydrogen-bond donors (Lipinski definition) is 2. The molecule has 3 rings (SSSR count). The van der Waals surface area contributed by atoms with Crippen LogP contribution in [0.1, 0.15) is 5.56 Å². The van der Waals surface area contributed by atoms with Crippen LogP contribution in [0.2, 0.25) is 0 Å². The summed E-state index contributed by atoms with van der Waals surface area (Å²) < 4.78 is 7.14. The number of nitrogens with two attached hydrogens (primary N) is 1. The minimum atomic E-state index is -0.0871. The fraction of sp³-hybridized carbons (Fsp3) is 0.118. The van der Waals surface area contributed by atoms with Crippen LogP contribution in [0.25, 0.3) is 10.9 Å². The number of methoxy groups -OCH3 is 1. The van der Waals surface area contributed by atoms with Gasteiger partial charge in [0.05, 0.1) is 19.2 Å². The predicted molar refractivity (Wildman–Crippen MR) is 97.0 cm³/mol. The van der Waals surface area contributed by atoms with Gasteiger partial charge in [-0.2, -0.15) is 0 Å². The van der Waals surface area contributed by atoms with Crippen molar-refractivity contribution in [3.8, 4) is 11.6 Å². The molecule has 0 aliphatic rings. The molecule has 6 nitrogen and oxygen atoms in total. The topological polar surface area (TPSA) is 85.1 Å². The Labute approximate surface area is 144 Å². The summed E-state index contributed by atoms with van der Waals surface area (Å²) in [6.07, 6.45) is 0. The number of thiocarbonyl (C=S) groups is 1. The Balaban J connectivity index is 2.14. The molecule has 7 heteroatoms. The minimum Gasteiger partial charge on any atom is -0.496 e. The van der Waals surface area contributed by atoms with Crippen molar-refractivity contribution in [1.82, 2.24) is 4.57 Å². The average molecular weight is 340 g/mol. The second kappa shape index (κ2) is 6.67. The van der Waals surface area contributed by atoms with Crippen LogP contribution in [0.15, 0.2) is 58.8 Å². The van der Waals surface area contributed by atoms with Gasteiger partial charge < -0.3 is 20.1 Å². The van der Waals surface area contributed by atoms with Gasteiger partial charge in [0.2, 0.25) is 11.0 Å². The van der Waals surface area contributed by atoms with Crippen molar-refractivity contribution in [2.75, 3.05) is 7.11 Å². The number of aromatic nitrogens is 1. The third-order valence-corrected chi connectivity index (χ3v) is 3.77. The Bertz CT molecular complexity index is 933. The molecular formula is C17H16N4O2S. The van der Waals surface area contributed by atoms with E-state index in [0.29, 0.717) is 12.2 Å². The zero-order valence-electron chi connectivity index (χ0n) is 13.0. The monoisotopic (exact) mass is 340 g/mol. The van der Waals surface area contributed by atoms with Gasteiger partial charge in [-0.05, 0) is 24.4 Å². The number of para-hydroxylation sites is 2. The SMILES string of the molecule is COc1ccccc1Cn1c(O)c(N=NC(N)=S)c2ccccc21. The van der Waals surface area contributed by atoms with Crippen molar-refractivity contribution in [3.05, 3.63) is 54.1 Å². The van der Waals surface area contributed by atoms with Gasteiger partial charge in [0.25, 0.3) is 0 Å². The van der Waals surface area contributed by atoms with Crippen molar-refractivity contribution in [2.45, 2.75) is 6.54 Å². The zero-order chi connectivity index (χ0) is 17.1. The fourth-order valence-corrected chi connectivity index (χ4v) is 2.67. The molecule has 0 spiro atoms. The van der Waals surface area contributed by atoms with Crippen molar-refractivity contribution in [2.24, 2.45) is 16.0 Å². The first-order valence-corrected chi connectivity index (χ1v) is 7.66. The number of azo groups is 1. The van der Waals surface area contributed by atoms with Crippen LogP contribution in [-0.4, -0.2) is 21.9 Å². The number of hydrogen-bond acceptors (Lipinski definition) is 4. The lowest BCUT2D eigenvalue weighted by molar-refractivity contribution is 0.403. The van der Waals surface area contributed by atoms with Gasteiger partial charge >= 0.3 is 0 Å². The van der Waals surface area contributed by atoms with E-state index in [1.54, 1.807) is 11.7 Å². The molecule has 2 aromatic carbocycles. The highest BCUT2D eigenvalue weighted by Crippen LogP contribution is 2.39. The first-order chi connectivity index (χ1) is 11.6. The molecule has 122 valence electrons. The Kier molecular flexibility index (Phi) is 4.43. The maximum absolute atomic E-state index is 10.6. The fourth-order valence-electron chi connectivity index (χ4n) is 2.63. The zero-order valence-corrected chi connectivity index (χ0v) is 13.8. The molecule has 0 atom stereocenters. The summed E-state index contributed by atoms with van der Waals surface area (Å²) in [7, 11) is 1.62. The summed E-state index contributed by atoms with van der Waals surface area (Å²) in [6.45, 7) is 0.430. The summed E-state index contributed by atoms with van der Waals surface area (Å²) in [4.78, 5) is 0. The molecule has 0 unspecified atom stereocenters. The molecule has 24 heavy (non-hydrogen) atoms. The summed E-state index contributed by atoms with van der Waals surface area (Å²) in [5.74, 6) is 0.753. The second-order valence-electron chi connectivity index (χ2n) is 5.13. The van der Waals surface area contributed by atoms with E-state index in [0.717, 1.165) is 22.2 Å². The molecule has 3 N–H and O–H groups in total. The van der Waals surface area contributed by atoms with Gasteiger partial charge in [-0.3, -0.25) is 0 Å². The predicted octanol–water partition coefficient (Wildman–Crippen LogP) is 3.73. The average Bonchev–Trinajstić information content (AvgIpc) is 2.85. The summed E-state index contributed by atoms with van der Waals surface area (Å²) in [5.41, 5.74) is 7.48. The number of rotatable bonds is 4. The number of fused-ring (bicyclic) bond motifs is 1. The molecule has 0 fully saturated rings. The van der Waals surface area contributed by atoms with E-state index in [1.807, 2.05) is 48.5 Å². The van der Waals surface area contributed by atoms with Crippen molar-refractivity contribution >= 4 is 33.9 Å². The van der Waals surface area contributed by atoms with Crippen LogP contribution in [0.4, 0.5) is 5.69 Å². The lowest BCUT2D eigenvalue weighted by Crippen LogP contribution is -2.01. The smallest absolute Gasteiger partial charge is 0.221 e. The maximum atomic E-state index is 10.6. The van der Waals surface area contributed by atoms with E-state index in [1.165, 1.54) is 0 Å². The third kappa shape index (κ3) is 2.93. The molecular weight excluding hydrogens is 324 g/mol. The molecule has 1 heterocycles. The molecule has 0 aliphatic carbocycles. The molecule has 3 aromatic rings. The molecule has 0 amide bonds. The number of nitrogens with zero attached hydrogens (tertiary/aromatic N) is 3. The van der Waals surface area contributed by atoms with E-state index in [2.05, 4.69) is 10.2 Å². The lowest BCUT2D eigenvalue weighted by atomic mass is 10.2. The molecule has 0 saturated carbocycles. The number of ether oxygens (including phenoxy) is 1. The largest absolute Gasteiger partial charge is 0.496 e. The first kappa shape index (κ1) is 15.9. The van der Waals surface area contributed by atoms with E-state index < -0.39 is 0 Å². The van der Waals surface area contributed by atoms with Crippen LogP contribution in [-0.2, 0) is 6.54 Å². The molecule has 0 saturated heterocycles. The van der Waals surface area contributed by atoms with Gasteiger partial charge in [0.15, 0.2) is 5.69 Å². The van der Waals surface area contributed by atoms with Crippen LogP contribution < -0.4 is 10.5 Å². The highest BCUT2D eigenvalue weighted by molar-refractivity contribution is 7.80. The van der Waals surface area contributed by atoms with Gasteiger partial charge in [-0.1, -0.05) is 36.4 Å². The van der Waals surface area contributed by atoms with E-state index >= 15 is 0 Å². The quantitative estimate of drug-likeness (QED) is 0.560. The maximum Gasteiger partial charge on any atom is 0.221 e. The highest BCUT2D eigenvalue weighted by atomic mass is 32.1. The van der Waals surface area contributed by atoms with Crippen LogP contribution in [0.5, 0.6) is 11.6 Å². The lowest BCUT2D eigenvalue weighted by Gasteiger charge is -2.11. The van der Waals surface area contributed by atoms with Gasteiger partial charge in [0, 0.05) is 10.9 Å². The molecule has 1 aromatic heterocycles. The van der Waals surface area contributed by atoms with Crippen molar-refractivity contribution in [3.63, 3.8) is 0 Å². The molecule has 0 bridgehead atoms. The van der Waals surface area contributed by atoms with Gasteiger partial charge in [-0.25, -0.2) is 0 Å². The van der Waals surface area contributed by atoms with Crippen molar-refractivity contribution in [1.29, 1.82) is 0 Å². The van der Waals surface area contributed by atoms with E-state index in [-0.39, 0.29) is 11.0 Å². The highest BCUT2D eigenvalue weighted by Gasteiger charge is 2.17. The Morgan fingerprint density at radius 2 is 1.92 bits per heavy atom. The standard InChI is InChI=1S/C17H16N4O2S/c1-23-14-9-5-2-6-11(14)10-21-13-8-4-3-7-12(13)15(16(21)22)19-20-17(18)24/h2-9,22H,10H2,1H3,(H2,18,24). The summed E-state index contributed by atoms with van der Waals surface area (Å²) in [5, 5.41) is 19.0. The van der Waals surface area contributed by atoms with Crippen LogP contribution in [0.3, 0.4) is 0 Å². The normalized spacial score (nSPS) is 11.2. The molecule has 0 radical (unpaired) electrons. The summed E-state index contributed by atoms with van der Waals surface area (Å²) in [6, 6.07) is 15.2. The number of aromatic hydroxyl groups is 1.